The number of carbonyl (C=O) groups is 1. The van der Waals surface area contributed by atoms with E-state index in [0.717, 1.165) is 58.2 Å². The highest BCUT2D eigenvalue weighted by Crippen LogP contribution is 2.25. The van der Waals surface area contributed by atoms with E-state index in [2.05, 4.69) is 41.4 Å². The van der Waals surface area contributed by atoms with Crippen molar-refractivity contribution in [1.29, 1.82) is 0 Å². The number of carbonyl (C=O) groups excluding carboxylic acids is 1. The summed E-state index contributed by atoms with van der Waals surface area (Å²) in [4.78, 5) is 15.4. The van der Waals surface area contributed by atoms with E-state index in [1.54, 1.807) is 8.61 Å². The summed E-state index contributed by atoms with van der Waals surface area (Å²) in [6, 6.07) is 10.7. The maximum absolute atomic E-state index is 13.1. The molecule has 0 aromatic heterocycles. The van der Waals surface area contributed by atoms with E-state index < -0.39 is 10.2 Å². The second-order valence-electron chi connectivity index (χ2n) is 9.83. The molecule has 1 aromatic carbocycles. The van der Waals surface area contributed by atoms with Crippen LogP contribution in [0.25, 0.3) is 0 Å². The van der Waals surface area contributed by atoms with E-state index in [1.807, 2.05) is 6.07 Å². The quantitative estimate of drug-likeness (QED) is 0.705. The van der Waals surface area contributed by atoms with E-state index in [9.17, 15) is 13.2 Å². The lowest BCUT2D eigenvalue weighted by molar-refractivity contribution is -0.127. The van der Waals surface area contributed by atoms with Crippen molar-refractivity contribution >= 4 is 16.1 Å². The van der Waals surface area contributed by atoms with Gasteiger partial charge in [0.2, 0.25) is 5.91 Å². The molecule has 178 valence electrons. The van der Waals surface area contributed by atoms with Crippen LogP contribution in [0.5, 0.6) is 0 Å². The van der Waals surface area contributed by atoms with Crippen molar-refractivity contribution < 1.29 is 13.2 Å². The average Bonchev–Trinajstić information content (AvgIpc) is 2.81. The Balaban J connectivity index is 1.25. The van der Waals surface area contributed by atoms with Gasteiger partial charge in [-0.15, -0.1) is 0 Å². The number of nitrogens with zero attached hydrogens (tertiary/aromatic N) is 3. The summed E-state index contributed by atoms with van der Waals surface area (Å²) in [5.74, 6) is 0.365. The molecule has 0 bridgehead atoms. The molecule has 1 amide bonds. The smallest absolute Gasteiger partial charge is 0.281 e. The molecule has 3 fully saturated rings. The average molecular weight is 463 g/mol. The van der Waals surface area contributed by atoms with Gasteiger partial charge in [-0.25, -0.2) is 0 Å². The third-order valence-corrected chi connectivity index (χ3v) is 9.34. The summed E-state index contributed by atoms with van der Waals surface area (Å²) < 4.78 is 29.4. The van der Waals surface area contributed by atoms with Crippen molar-refractivity contribution in [3.05, 3.63) is 35.9 Å². The van der Waals surface area contributed by atoms with Crippen LogP contribution in [0.3, 0.4) is 0 Å². The summed E-state index contributed by atoms with van der Waals surface area (Å²) in [7, 11) is -3.47. The number of amides is 1. The van der Waals surface area contributed by atoms with Crippen LogP contribution >= 0.6 is 0 Å². The van der Waals surface area contributed by atoms with Gasteiger partial charge in [0.25, 0.3) is 10.2 Å². The maximum Gasteiger partial charge on any atom is 0.281 e. The third kappa shape index (κ3) is 5.90. The Morgan fingerprint density at radius 3 is 2.31 bits per heavy atom. The monoisotopic (exact) mass is 462 g/mol. The van der Waals surface area contributed by atoms with Crippen molar-refractivity contribution in [3.8, 4) is 0 Å². The molecule has 0 aliphatic carbocycles. The van der Waals surface area contributed by atoms with Crippen LogP contribution in [0.4, 0.5) is 0 Å². The first-order valence-corrected chi connectivity index (χ1v) is 13.6. The lowest BCUT2D eigenvalue weighted by Gasteiger charge is -2.38. The molecule has 3 heterocycles. The molecular weight excluding hydrogens is 424 g/mol. The Labute approximate surface area is 193 Å². The van der Waals surface area contributed by atoms with Crippen LogP contribution in [0, 0.1) is 11.8 Å². The molecule has 1 atom stereocenters. The first kappa shape index (κ1) is 23.7. The van der Waals surface area contributed by atoms with Gasteiger partial charge in [0.1, 0.15) is 0 Å². The van der Waals surface area contributed by atoms with Crippen molar-refractivity contribution in [1.82, 2.24) is 18.8 Å². The molecule has 1 unspecified atom stereocenters. The van der Waals surface area contributed by atoms with Gasteiger partial charge in [-0.3, -0.25) is 9.69 Å². The molecule has 1 aromatic rings. The van der Waals surface area contributed by atoms with Gasteiger partial charge < -0.3 is 5.32 Å². The molecule has 4 rings (SSSR count). The standard InChI is InChI=1S/C24H38N4O3S/c1-20-9-16-27(17-10-20)32(30,31)28-13-5-8-22(19-28)24(29)25-23-11-14-26(15-12-23)18-21-6-3-2-4-7-21/h2-4,6-7,20,22-23H,5,8-19H2,1H3,(H,25,29). The largest absolute Gasteiger partial charge is 0.353 e. The fraction of sp³-hybridized carbons (Fsp3) is 0.708. The summed E-state index contributed by atoms with van der Waals surface area (Å²) in [6.45, 7) is 7.10. The molecule has 7 nitrogen and oxygen atoms in total. The van der Waals surface area contributed by atoms with Crippen LogP contribution < -0.4 is 5.32 Å². The minimum absolute atomic E-state index is 0.0266. The van der Waals surface area contributed by atoms with E-state index >= 15 is 0 Å². The highest BCUT2D eigenvalue weighted by Gasteiger charge is 2.37. The van der Waals surface area contributed by atoms with Crippen LogP contribution in [0.15, 0.2) is 30.3 Å². The molecule has 3 aliphatic heterocycles. The molecule has 32 heavy (non-hydrogen) atoms. The third-order valence-electron chi connectivity index (χ3n) is 7.33. The van der Waals surface area contributed by atoms with E-state index in [0.29, 0.717) is 32.1 Å². The molecule has 3 saturated heterocycles. The fourth-order valence-electron chi connectivity index (χ4n) is 5.14. The zero-order valence-corrected chi connectivity index (χ0v) is 20.1. The van der Waals surface area contributed by atoms with Crippen molar-refractivity contribution in [3.63, 3.8) is 0 Å². The first-order valence-electron chi connectivity index (χ1n) is 12.2. The summed E-state index contributed by atoms with van der Waals surface area (Å²) in [5.41, 5.74) is 1.32. The molecular formula is C24H38N4O3S. The zero-order chi connectivity index (χ0) is 22.6. The van der Waals surface area contributed by atoms with E-state index in [4.69, 9.17) is 0 Å². The molecule has 0 saturated carbocycles. The second-order valence-corrected chi connectivity index (χ2v) is 11.8. The van der Waals surface area contributed by atoms with Crippen molar-refractivity contribution in [2.45, 2.75) is 58.0 Å². The Kier molecular flexibility index (Phi) is 7.87. The number of piperidine rings is 3. The number of benzene rings is 1. The van der Waals surface area contributed by atoms with Gasteiger partial charge in [0.15, 0.2) is 0 Å². The van der Waals surface area contributed by atoms with E-state index in [1.165, 1.54) is 5.56 Å². The topological polar surface area (TPSA) is 73.0 Å². The maximum atomic E-state index is 13.1. The Bertz CT molecular complexity index is 847. The molecule has 0 radical (unpaired) electrons. The van der Waals surface area contributed by atoms with Crippen molar-refractivity contribution in [2.75, 3.05) is 39.3 Å². The summed E-state index contributed by atoms with van der Waals surface area (Å²) in [6.07, 6.45) is 5.23. The number of hydrogen-bond acceptors (Lipinski definition) is 4. The second kappa shape index (κ2) is 10.6. The SMILES string of the molecule is CC1CCN(S(=O)(=O)N2CCCC(C(=O)NC3CCN(Cc4ccccc4)CC3)C2)CC1. The number of nitrogens with one attached hydrogen (secondary N) is 1. The first-order chi connectivity index (χ1) is 15.4. The van der Waals surface area contributed by atoms with Gasteiger partial charge >= 0.3 is 0 Å². The lowest BCUT2D eigenvalue weighted by atomic mass is 9.97. The van der Waals surface area contributed by atoms with Gasteiger partial charge in [0, 0.05) is 51.9 Å². The summed E-state index contributed by atoms with van der Waals surface area (Å²) in [5, 5.41) is 3.23. The minimum Gasteiger partial charge on any atom is -0.353 e. The Morgan fingerprint density at radius 2 is 1.62 bits per heavy atom. The lowest BCUT2D eigenvalue weighted by Crippen LogP contribution is -2.53. The Hall–Kier alpha value is -1.48. The normalized spacial score (nSPS) is 25.6. The van der Waals surface area contributed by atoms with Gasteiger partial charge in [0.05, 0.1) is 5.92 Å². The van der Waals surface area contributed by atoms with Crippen LogP contribution in [-0.4, -0.2) is 73.1 Å². The molecule has 8 heteroatoms. The van der Waals surface area contributed by atoms with Gasteiger partial charge in [-0.05, 0) is 50.0 Å². The number of hydrogen-bond donors (Lipinski definition) is 1. The fourth-order valence-corrected chi connectivity index (χ4v) is 6.87. The van der Waals surface area contributed by atoms with Gasteiger partial charge in [-0.2, -0.15) is 17.0 Å². The van der Waals surface area contributed by atoms with Gasteiger partial charge in [-0.1, -0.05) is 37.3 Å². The van der Waals surface area contributed by atoms with Crippen molar-refractivity contribution in [2.24, 2.45) is 11.8 Å². The van der Waals surface area contributed by atoms with Crippen LogP contribution in [0.2, 0.25) is 0 Å². The minimum atomic E-state index is -3.47. The number of likely N-dealkylation sites (tertiary alicyclic amines) is 1. The molecule has 1 N–H and O–H groups in total. The Morgan fingerprint density at radius 1 is 0.938 bits per heavy atom. The van der Waals surface area contributed by atoms with Crippen LogP contribution in [0.1, 0.15) is 51.0 Å². The number of rotatable bonds is 6. The highest BCUT2D eigenvalue weighted by atomic mass is 32.2. The van der Waals surface area contributed by atoms with Crippen LogP contribution in [-0.2, 0) is 21.5 Å². The molecule has 0 spiro atoms. The zero-order valence-electron chi connectivity index (χ0n) is 19.3. The van der Waals surface area contributed by atoms with E-state index in [-0.39, 0.29) is 17.9 Å². The molecule has 3 aliphatic rings. The predicted octanol–water partition coefficient (Wildman–Crippen LogP) is 2.46. The highest BCUT2D eigenvalue weighted by molar-refractivity contribution is 7.86. The predicted molar refractivity (Wildman–Crippen MR) is 126 cm³/mol. The summed E-state index contributed by atoms with van der Waals surface area (Å²) >= 11 is 0.